The van der Waals surface area contributed by atoms with Crippen LogP contribution in [-0.2, 0) is 9.59 Å². The first-order chi connectivity index (χ1) is 8.19. The second-order valence-corrected chi connectivity index (χ2v) is 4.25. The molecule has 0 radical (unpaired) electrons. The zero-order valence-electron chi connectivity index (χ0n) is 10.0. The fourth-order valence-electron chi connectivity index (χ4n) is 2.04. The molecule has 1 fully saturated rings. The molecule has 1 heterocycles. The van der Waals surface area contributed by atoms with Crippen LogP contribution in [0.25, 0.3) is 0 Å². The van der Waals surface area contributed by atoms with Crippen molar-refractivity contribution in [1.29, 1.82) is 0 Å². The summed E-state index contributed by atoms with van der Waals surface area (Å²) < 4.78 is 0. The Morgan fingerprint density at radius 3 is 2.76 bits per heavy atom. The Morgan fingerprint density at radius 2 is 2.12 bits per heavy atom. The molecule has 1 rings (SSSR count). The number of aliphatic hydroxyl groups excluding tert-OH is 1. The molecule has 6 nitrogen and oxygen atoms in total. The number of likely N-dealkylation sites (tertiary alicyclic amines) is 1. The molecule has 6 heteroatoms. The normalized spacial score (nSPS) is 20.8. The minimum absolute atomic E-state index is 0.0173. The highest BCUT2D eigenvalue weighted by atomic mass is 16.3. The van der Waals surface area contributed by atoms with Crippen molar-refractivity contribution in [3.8, 4) is 0 Å². The van der Waals surface area contributed by atoms with Crippen LogP contribution in [-0.4, -0.2) is 54.1 Å². The zero-order chi connectivity index (χ0) is 12.7. The largest absolute Gasteiger partial charge is 0.394 e. The standard InChI is InChI=1S/C11H21N3O3/c12-6-10(16)13-7-11(17)14-5-3-1-2-4-9(14)8-15/h9,15H,1-8,12H2,(H,13,16). The smallest absolute Gasteiger partial charge is 0.242 e. The van der Waals surface area contributed by atoms with Gasteiger partial charge in [-0.25, -0.2) is 0 Å². The van der Waals surface area contributed by atoms with Crippen LogP contribution in [0.15, 0.2) is 0 Å². The van der Waals surface area contributed by atoms with E-state index < -0.39 is 0 Å². The van der Waals surface area contributed by atoms with E-state index in [4.69, 9.17) is 5.73 Å². The van der Waals surface area contributed by atoms with Crippen LogP contribution < -0.4 is 11.1 Å². The van der Waals surface area contributed by atoms with Gasteiger partial charge in [0.1, 0.15) is 0 Å². The molecule has 1 unspecified atom stereocenters. The minimum Gasteiger partial charge on any atom is -0.394 e. The molecule has 0 aromatic rings. The molecule has 0 aromatic carbocycles. The van der Waals surface area contributed by atoms with Crippen LogP contribution in [0, 0.1) is 0 Å². The molecule has 17 heavy (non-hydrogen) atoms. The van der Waals surface area contributed by atoms with Gasteiger partial charge in [-0.1, -0.05) is 12.8 Å². The Kier molecular flexibility index (Phi) is 5.93. The third kappa shape index (κ3) is 4.32. The highest BCUT2D eigenvalue weighted by molar-refractivity contribution is 5.85. The summed E-state index contributed by atoms with van der Waals surface area (Å²) in [6, 6.07) is -0.111. The predicted octanol–water partition coefficient (Wildman–Crippen LogP) is -1.18. The van der Waals surface area contributed by atoms with Gasteiger partial charge in [-0.3, -0.25) is 9.59 Å². The lowest BCUT2D eigenvalue weighted by atomic mass is 10.1. The molecule has 98 valence electrons. The summed E-state index contributed by atoms with van der Waals surface area (Å²) in [5.74, 6) is -0.485. The Labute approximate surface area is 101 Å². The molecule has 0 aliphatic carbocycles. The third-order valence-electron chi connectivity index (χ3n) is 3.03. The van der Waals surface area contributed by atoms with Crippen molar-refractivity contribution in [2.75, 3.05) is 26.2 Å². The molecule has 0 aromatic heterocycles. The molecule has 1 atom stereocenters. The number of nitrogens with two attached hydrogens (primary N) is 1. The van der Waals surface area contributed by atoms with Crippen molar-refractivity contribution in [3.63, 3.8) is 0 Å². The number of carbonyl (C=O) groups is 2. The van der Waals surface area contributed by atoms with Gasteiger partial charge in [0.2, 0.25) is 11.8 Å². The summed E-state index contributed by atoms with van der Waals surface area (Å²) in [5, 5.41) is 11.7. The van der Waals surface area contributed by atoms with E-state index in [0.717, 1.165) is 25.7 Å². The quantitative estimate of drug-likeness (QED) is 0.579. The van der Waals surface area contributed by atoms with E-state index in [1.807, 2.05) is 0 Å². The van der Waals surface area contributed by atoms with Crippen molar-refractivity contribution < 1.29 is 14.7 Å². The Bertz CT molecular complexity index is 271. The van der Waals surface area contributed by atoms with Gasteiger partial charge in [0.05, 0.1) is 25.7 Å². The number of nitrogens with one attached hydrogen (secondary N) is 1. The van der Waals surface area contributed by atoms with E-state index in [9.17, 15) is 14.7 Å². The van der Waals surface area contributed by atoms with Crippen LogP contribution in [0.5, 0.6) is 0 Å². The lowest BCUT2D eigenvalue weighted by Gasteiger charge is -2.28. The molecule has 1 aliphatic rings. The summed E-state index contributed by atoms with van der Waals surface area (Å²) in [4.78, 5) is 24.5. The number of aliphatic hydroxyl groups is 1. The van der Waals surface area contributed by atoms with Gasteiger partial charge in [0.25, 0.3) is 0 Å². The first-order valence-electron chi connectivity index (χ1n) is 6.06. The molecule has 0 bridgehead atoms. The fraction of sp³-hybridized carbons (Fsp3) is 0.818. The predicted molar refractivity (Wildman–Crippen MR) is 63.1 cm³/mol. The average molecular weight is 243 g/mol. The van der Waals surface area contributed by atoms with Crippen LogP contribution in [0.2, 0.25) is 0 Å². The second-order valence-electron chi connectivity index (χ2n) is 4.25. The first-order valence-corrected chi connectivity index (χ1v) is 6.06. The Balaban J connectivity index is 2.49. The highest BCUT2D eigenvalue weighted by Gasteiger charge is 2.24. The SMILES string of the molecule is NCC(=O)NCC(=O)N1CCCCCC1CO. The number of nitrogens with zero attached hydrogens (tertiary/aromatic N) is 1. The Morgan fingerprint density at radius 1 is 1.35 bits per heavy atom. The summed E-state index contributed by atoms with van der Waals surface area (Å²) in [6.45, 7) is 0.488. The number of rotatable bonds is 4. The zero-order valence-corrected chi connectivity index (χ0v) is 10.0. The molecule has 0 saturated carbocycles. The number of hydrogen-bond acceptors (Lipinski definition) is 4. The average Bonchev–Trinajstić information content (AvgIpc) is 2.60. The van der Waals surface area contributed by atoms with E-state index in [2.05, 4.69) is 5.32 Å². The molecule has 2 amide bonds. The van der Waals surface area contributed by atoms with Crippen molar-refractivity contribution in [2.24, 2.45) is 5.73 Å². The molecular weight excluding hydrogens is 222 g/mol. The number of amides is 2. The van der Waals surface area contributed by atoms with E-state index in [0.29, 0.717) is 6.54 Å². The molecule has 0 spiro atoms. The van der Waals surface area contributed by atoms with E-state index >= 15 is 0 Å². The molecule has 1 aliphatic heterocycles. The number of carbonyl (C=O) groups excluding carboxylic acids is 2. The van der Waals surface area contributed by atoms with Gasteiger partial charge < -0.3 is 21.1 Å². The van der Waals surface area contributed by atoms with Crippen molar-refractivity contribution in [3.05, 3.63) is 0 Å². The molecule has 4 N–H and O–H groups in total. The van der Waals surface area contributed by atoms with E-state index in [1.165, 1.54) is 0 Å². The maximum atomic E-state index is 11.9. The van der Waals surface area contributed by atoms with Gasteiger partial charge >= 0.3 is 0 Å². The fourth-order valence-corrected chi connectivity index (χ4v) is 2.04. The third-order valence-corrected chi connectivity index (χ3v) is 3.03. The van der Waals surface area contributed by atoms with E-state index in [1.54, 1.807) is 4.90 Å². The molecule has 1 saturated heterocycles. The summed E-state index contributed by atoms with van der Waals surface area (Å²) >= 11 is 0. The van der Waals surface area contributed by atoms with Crippen LogP contribution >= 0.6 is 0 Å². The van der Waals surface area contributed by atoms with Gasteiger partial charge in [-0.2, -0.15) is 0 Å². The maximum Gasteiger partial charge on any atom is 0.242 e. The van der Waals surface area contributed by atoms with Crippen molar-refractivity contribution >= 4 is 11.8 Å². The van der Waals surface area contributed by atoms with Crippen molar-refractivity contribution in [2.45, 2.75) is 31.7 Å². The van der Waals surface area contributed by atoms with Crippen molar-refractivity contribution in [1.82, 2.24) is 10.2 Å². The van der Waals surface area contributed by atoms with Crippen LogP contribution in [0.3, 0.4) is 0 Å². The maximum absolute atomic E-state index is 11.9. The van der Waals surface area contributed by atoms with Crippen LogP contribution in [0.4, 0.5) is 0 Å². The van der Waals surface area contributed by atoms with Crippen LogP contribution in [0.1, 0.15) is 25.7 Å². The highest BCUT2D eigenvalue weighted by Crippen LogP contribution is 2.16. The van der Waals surface area contributed by atoms with Gasteiger partial charge in [0, 0.05) is 6.54 Å². The topological polar surface area (TPSA) is 95.7 Å². The minimum atomic E-state index is -0.339. The summed E-state index contributed by atoms with van der Waals surface area (Å²) in [7, 11) is 0. The monoisotopic (exact) mass is 243 g/mol. The summed E-state index contributed by atoms with van der Waals surface area (Å²) in [6.07, 6.45) is 3.89. The van der Waals surface area contributed by atoms with Gasteiger partial charge in [0.15, 0.2) is 0 Å². The second kappa shape index (κ2) is 7.24. The first kappa shape index (κ1) is 13.9. The summed E-state index contributed by atoms with van der Waals surface area (Å²) in [5.41, 5.74) is 5.14. The number of hydrogen-bond donors (Lipinski definition) is 3. The molecular formula is C11H21N3O3. The lowest BCUT2D eigenvalue weighted by molar-refractivity contribution is -0.135. The van der Waals surface area contributed by atoms with Gasteiger partial charge in [-0.05, 0) is 12.8 Å². The Hall–Kier alpha value is -1.14. The van der Waals surface area contributed by atoms with Gasteiger partial charge in [-0.15, -0.1) is 0 Å². The van der Waals surface area contributed by atoms with E-state index in [-0.39, 0.29) is 37.6 Å². The lowest BCUT2D eigenvalue weighted by Crippen LogP contribution is -2.47.